The summed E-state index contributed by atoms with van der Waals surface area (Å²) in [7, 11) is 4.19. The topological polar surface area (TPSA) is 45.2 Å². The molecule has 2 saturated heterocycles. The standard InChI is InChI=1S/C27H35N3O3/c1-28(2)12-6-14-32-23-17-29(18-23)22-9-10-24-21-11-13-30(26(15-21)25(24)16-22)27(31)33-19-20-7-4-3-5-8-20/h3-5,7-10,16,21,23,26H,6,11-15,17-19H2,1-2H3/t21-,26+/m1/s1. The van der Waals surface area contributed by atoms with Crippen LogP contribution in [0.2, 0.25) is 0 Å². The molecule has 33 heavy (non-hydrogen) atoms. The maximum absolute atomic E-state index is 12.9. The number of nitrogens with zero attached hydrogens (tertiary/aromatic N) is 3. The van der Waals surface area contributed by atoms with Gasteiger partial charge in [0, 0.05) is 31.9 Å². The Balaban J connectivity index is 1.19. The molecule has 2 aromatic rings. The van der Waals surface area contributed by atoms with E-state index in [-0.39, 0.29) is 12.1 Å². The van der Waals surface area contributed by atoms with Gasteiger partial charge in [-0.2, -0.15) is 0 Å². The molecule has 0 saturated carbocycles. The molecule has 0 radical (unpaired) electrons. The first-order valence-electron chi connectivity index (χ1n) is 12.2. The number of hydrogen-bond donors (Lipinski definition) is 0. The largest absolute Gasteiger partial charge is 0.445 e. The van der Waals surface area contributed by atoms with Gasteiger partial charge in [0.1, 0.15) is 6.61 Å². The summed E-state index contributed by atoms with van der Waals surface area (Å²) in [5.41, 5.74) is 4.99. The monoisotopic (exact) mass is 449 g/mol. The van der Waals surface area contributed by atoms with Crippen molar-refractivity contribution in [2.24, 2.45) is 0 Å². The first-order chi connectivity index (χ1) is 16.1. The molecule has 6 heteroatoms. The summed E-state index contributed by atoms with van der Waals surface area (Å²) < 4.78 is 11.7. The molecule has 1 amide bonds. The Bertz CT molecular complexity index is 958. The van der Waals surface area contributed by atoms with Crippen molar-refractivity contribution in [2.45, 2.75) is 43.9 Å². The van der Waals surface area contributed by atoms with Gasteiger partial charge in [0.2, 0.25) is 0 Å². The van der Waals surface area contributed by atoms with E-state index in [2.05, 4.69) is 42.1 Å². The van der Waals surface area contributed by atoms with Gasteiger partial charge in [-0.3, -0.25) is 0 Å². The Morgan fingerprint density at radius 2 is 1.91 bits per heavy atom. The van der Waals surface area contributed by atoms with Crippen LogP contribution in [0.5, 0.6) is 0 Å². The molecular weight excluding hydrogens is 414 g/mol. The molecule has 0 spiro atoms. The fraction of sp³-hybridized carbons (Fsp3) is 0.519. The van der Waals surface area contributed by atoms with Gasteiger partial charge in [-0.05, 0) is 74.6 Å². The fourth-order valence-corrected chi connectivity index (χ4v) is 5.37. The second-order valence-electron chi connectivity index (χ2n) is 9.84. The highest BCUT2D eigenvalue weighted by atomic mass is 16.6. The summed E-state index contributed by atoms with van der Waals surface area (Å²) in [4.78, 5) is 19.5. The number of benzene rings is 2. The number of ether oxygens (including phenoxy) is 2. The number of anilines is 1. The molecule has 2 heterocycles. The van der Waals surface area contributed by atoms with Gasteiger partial charge in [0.25, 0.3) is 0 Å². The van der Waals surface area contributed by atoms with Gasteiger partial charge in [0.05, 0.1) is 12.1 Å². The highest BCUT2D eigenvalue weighted by Crippen LogP contribution is 2.50. The Labute approximate surface area is 197 Å². The van der Waals surface area contributed by atoms with Crippen molar-refractivity contribution in [2.75, 3.05) is 51.8 Å². The predicted octanol–water partition coefficient (Wildman–Crippen LogP) is 4.41. The van der Waals surface area contributed by atoms with Gasteiger partial charge >= 0.3 is 6.09 Å². The van der Waals surface area contributed by atoms with E-state index in [1.807, 2.05) is 35.2 Å². The lowest BCUT2D eigenvalue weighted by Gasteiger charge is -2.41. The highest BCUT2D eigenvalue weighted by molar-refractivity contribution is 5.70. The van der Waals surface area contributed by atoms with Gasteiger partial charge < -0.3 is 24.2 Å². The van der Waals surface area contributed by atoms with Crippen molar-refractivity contribution in [3.63, 3.8) is 0 Å². The van der Waals surface area contributed by atoms with Crippen molar-refractivity contribution >= 4 is 11.8 Å². The van der Waals surface area contributed by atoms with Gasteiger partial charge in [-0.25, -0.2) is 4.79 Å². The molecule has 0 N–H and O–H groups in total. The molecule has 2 aromatic carbocycles. The smallest absolute Gasteiger partial charge is 0.410 e. The quantitative estimate of drug-likeness (QED) is 0.559. The molecule has 0 aromatic heterocycles. The Hall–Kier alpha value is -2.57. The molecule has 2 fully saturated rings. The number of fused-ring (bicyclic) bond motifs is 5. The van der Waals surface area contributed by atoms with E-state index in [4.69, 9.17) is 9.47 Å². The van der Waals surface area contributed by atoms with E-state index in [0.717, 1.165) is 57.6 Å². The van der Waals surface area contributed by atoms with E-state index in [0.29, 0.717) is 18.6 Å². The predicted molar refractivity (Wildman–Crippen MR) is 130 cm³/mol. The van der Waals surface area contributed by atoms with Crippen LogP contribution in [0, 0.1) is 0 Å². The summed E-state index contributed by atoms with van der Waals surface area (Å²) in [6.45, 7) is 4.86. The number of carbonyl (C=O) groups excluding carboxylic acids is 1. The minimum Gasteiger partial charge on any atom is -0.445 e. The Kier molecular flexibility index (Phi) is 6.56. The zero-order chi connectivity index (χ0) is 22.8. The summed E-state index contributed by atoms with van der Waals surface area (Å²) >= 11 is 0. The number of amides is 1. The third-order valence-electron chi connectivity index (χ3n) is 7.23. The molecule has 1 aliphatic carbocycles. The van der Waals surface area contributed by atoms with E-state index in [1.165, 1.54) is 16.8 Å². The van der Waals surface area contributed by atoms with Crippen LogP contribution in [-0.4, -0.2) is 68.9 Å². The van der Waals surface area contributed by atoms with Crippen molar-refractivity contribution < 1.29 is 14.3 Å². The van der Waals surface area contributed by atoms with Gasteiger partial charge in [-0.15, -0.1) is 0 Å². The average molecular weight is 450 g/mol. The fourth-order valence-electron chi connectivity index (χ4n) is 5.37. The second kappa shape index (κ2) is 9.74. The first-order valence-corrected chi connectivity index (χ1v) is 12.2. The summed E-state index contributed by atoms with van der Waals surface area (Å²) in [6, 6.07) is 16.9. The zero-order valence-corrected chi connectivity index (χ0v) is 19.8. The lowest BCUT2D eigenvalue weighted by Crippen LogP contribution is -2.52. The van der Waals surface area contributed by atoms with Crippen molar-refractivity contribution in [1.29, 1.82) is 0 Å². The number of carbonyl (C=O) groups is 1. The summed E-state index contributed by atoms with van der Waals surface area (Å²) in [6.07, 6.45) is 3.22. The normalized spacial score (nSPS) is 21.8. The number of hydrogen-bond acceptors (Lipinski definition) is 5. The minimum atomic E-state index is -0.198. The highest BCUT2D eigenvalue weighted by Gasteiger charge is 2.42. The second-order valence-corrected chi connectivity index (χ2v) is 9.84. The van der Waals surface area contributed by atoms with Crippen LogP contribution in [0.1, 0.15) is 47.9 Å². The maximum Gasteiger partial charge on any atom is 0.410 e. The lowest BCUT2D eigenvalue weighted by molar-refractivity contribution is 0.0306. The van der Waals surface area contributed by atoms with Crippen LogP contribution in [-0.2, 0) is 16.1 Å². The number of piperidine rings is 1. The third-order valence-corrected chi connectivity index (χ3v) is 7.23. The van der Waals surface area contributed by atoms with E-state index in [9.17, 15) is 4.79 Å². The van der Waals surface area contributed by atoms with Crippen LogP contribution in [0.15, 0.2) is 48.5 Å². The minimum absolute atomic E-state index is 0.126. The van der Waals surface area contributed by atoms with E-state index in [1.54, 1.807) is 0 Å². The molecule has 5 rings (SSSR count). The molecular formula is C27H35N3O3. The van der Waals surface area contributed by atoms with Crippen molar-refractivity contribution in [3.8, 4) is 0 Å². The molecule has 3 aliphatic rings. The molecule has 0 unspecified atom stereocenters. The molecule has 2 bridgehead atoms. The molecule has 176 valence electrons. The van der Waals surface area contributed by atoms with Crippen molar-refractivity contribution in [3.05, 3.63) is 65.2 Å². The Morgan fingerprint density at radius 1 is 1.09 bits per heavy atom. The van der Waals surface area contributed by atoms with Crippen LogP contribution in [0.3, 0.4) is 0 Å². The molecule has 2 atom stereocenters. The summed E-state index contributed by atoms with van der Waals surface area (Å²) in [5.74, 6) is 0.557. The van der Waals surface area contributed by atoms with Crippen LogP contribution in [0.4, 0.5) is 10.5 Å². The van der Waals surface area contributed by atoms with Crippen LogP contribution in [0.25, 0.3) is 0 Å². The summed E-state index contributed by atoms with van der Waals surface area (Å²) in [5, 5.41) is 0. The van der Waals surface area contributed by atoms with E-state index >= 15 is 0 Å². The van der Waals surface area contributed by atoms with Crippen LogP contribution >= 0.6 is 0 Å². The first kappa shape index (κ1) is 22.2. The lowest BCUT2D eigenvalue weighted by atomic mass is 9.95. The molecule has 6 nitrogen and oxygen atoms in total. The number of rotatable bonds is 8. The number of likely N-dealkylation sites (tertiary alicyclic amines) is 1. The maximum atomic E-state index is 12.9. The average Bonchev–Trinajstić information content (AvgIpc) is 3.08. The third kappa shape index (κ3) is 4.87. The van der Waals surface area contributed by atoms with Gasteiger partial charge in [-0.1, -0.05) is 36.4 Å². The SMILES string of the molecule is CN(C)CCCOC1CN(c2ccc3c(c2)[C@@H]2C[C@H]3CCN2C(=O)OCc2ccccc2)C1. The van der Waals surface area contributed by atoms with Crippen molar-refractivity contribution in [1.82, 2.24) is 9.80 Å². The molecule has 2 aliphatic heterocycles. The van der Waals surface area contributed by atoms with Crippen LogP contribution < -0.4 is 4.90 Å². The zero-order valence-electron chi connectivity index (χ0n) is 19.8. The van der Waals surface area contributed by atoms with Gasteiger partial charge in [0.15, 0.2) is 0 Å². The Morgan fingerprint density at radius 3 is 2.70 bits per heavy atom. The van der Waals surface area contributed by atoms with E-state index < -0.39 is 0 Å².